The minimum absolute atomic E-state index is 0.168. The van der Waals surface area contributed by atoms with Crippen LogP contribution in [0.4, 0.5) is 0 Å². The molecule has 6 bridgehead atoms. The second-order valence-corrected chi connectivity index (χ2v) is 11.8. The third kappa shape index (κ3) is 1.28. The molecule has 0 spiro atoms. The number of methoxy groups -OCH3 is 2. The Morgan fingerprint density at radius 1 is 0.885 bits per heavy atom. The number of rotatable bonds is 4. The zero-order valence-electron chi connectivity index (χ0n) is 14.2. The predicted molar refractivity (Wildman–Crippen MR) is 106 cm³/mol. The zero-order chi connectivity index (χ0) is 18.3. The normalized spacial score (nSPS) is 59.2. The molecule has 0 radical (unpaired) electrons. The van der Waals surface area contributed by atoms with Crippen LogP contribution in [0, 0.1) is 29.6 Å². The van der Waals surface area contributed by atoms with Gasteiger partial charge in [-0.15, -0.1) is 58.2 Å². The van der Waals surface area contributed by atoms with Crippen LogP contribution in [0.1, 0.15) is 0 Å². The first-order chi connectivity index (χ1) is 12.4. The molecule has 6 aliphatic rings. The molecule has 6 saturated carbocycles. The van der Waals surface area contributed by atoms with Crippen molar-refractivity contribution < 1.29 is 9.47 Å². The van der Waals surface area contributed by atoms with Crippen LogP contribution in [-0.2, 0) is 9.47 Å². The predicted octanol–water partition coefficient (Wildman–Crippen LogP) is 4.83. The molecule has 1 aromatic rings. The number of halogens is 4. The van der Waals surface area contributed by atoms with Gasteiger partial charge in [0.1, 0.15) is 9.75 Å². The van der Waals surface area contributed by atoms with E-state index in [1.807, 2.05) is 17.8 Å². The lowest BCUT2D eigenvalue weighted by molar-refractivity contribution is -0.225. The van der Waals surface area contributed by atoms with E-state index < -0.39 is 25.8 Å². The van der Waals surface area contributed by atoms with Gasteiger partial charge in [0.05, 0.1) is 10.3 Å². The molecule has 1 aromatic carbocycles. The minimum atomic E-state index is -1.16. The zero-order valence-corrected chi connectivity index (χ0v) is 18.0. The van der Waals surface area contributed by atoms with Crippen LogP contribution in [0.15, 0.2) is 35.2 Å². The van der Waals surface area contributed by atoms with E-state index in [1.54, 1.807) is 14.2 Å². The summed E-state index contributed by atoms with van der Waals surface area (Å²) in [6, 6.07) is 10.5. The minimum Gasteiger partial charge on any atom is -0.350 e. The average Bonchev–Trinajstić information content (AvgIpc) is 3.27. The molecule has 6 fully saturated rings. The topological polar surface area (TPSA) is 18.5 Å². The summed E-state index contributed by atoms with van der Waals surface area (Å²) in [4.78, 5) is -1.33. The summed E-state index contributed by atoms with van der Waals surface area (Å²) >= 11 is 30.8. The number of thioether (sulfide) groups is 1. The van der Waals surface area contributed by atoms with Gasteiger partial charge in [-0.1, -0.05) is 18.2 Å². The van der Waals surface area contributed by atoms with Gasteiger partial charge in [-0.3, -0.25) is 0 Å². The molecule has 0 N–H and O–H groups in total. The summed E-state index contributed by atoms with van der Waals surface area (Å²) in [7, 11) is 3.22. The molecule has 0 aromatic heterocycles. The summed E-state index contributed by atoms with van der Waals surface area (Å²) in [6.07, 6.45) is 0. The Bertz CT molecular complexity index is 794. The maximum atomic E-state index is 7.36. The van der Waals surface area contributed by atoms with E-state index in [0.29, 0.717) is 17.1 Å². The molecule has 1 unspecified atom stereocenters. The van der Waals surface area contributed by atoms with E-state index in [2.05, 4.69) is 24.3 Å². The van der Waals surface area contributed by atoms with E-state index in [-0.39, 0.29) is 17.8 Å². The molecule has 7 heteroatoms. The number of alkyl halides is 4. The number of benzene rings is 1. The lowest BCUT2D eigenvalue weighted by atomic mass is 9.58. The van der Waals surface area contributed by atoms with Gasteiger partial charge >= 0.3 is 0 Å². The van der Waals surface area contributed by atoms with Crippen molar-refractivity contribution in [2.75, 3.05) is 14.2 Å². The van der Waals surface area contributed by atoms with Crippen molar-refractivity contribution in [3.05, 3.63) is 30.3 Å². The van der Waals surface area contributed by atoms with Crippen LogP contribution in [0.25, 0.3) is 0 Å². The van der Waals surface area contributed by atoms with Gasteiger partial charge in [-0.05, 0) is 41.7 Å². The van der Waals surface area contributed by atoms with Gasteiger partial charge in [0.25, 0.3) is 0 Å². The summed E-state index contributed by atoms with van der Waals surface area (Å²) in [5, 5.41) is -0.00365. The molecule has 0 aliphatic heterocycles. The van der Waals surface area contributed by atoms with Gasteiger partial charge in [0, 0.05) is 24.4 Å². The standard InChI is InChI=1S/C19H18Cl4O2S/c1-24-19(25-2)17(22)12-9-11-10(14(9)26-8-6-4-3-5-7-8)13(12)18(19,23)16(11,21)15(17)20/h3-7,9-15H,1-2H3/t9-,10+,11?,12+,13-,14+,15+,16+,17+,18-/m0/s1. The molecular weight excluding hydrogens is 434 g/mol. The van der Waals surface area contributed by atoms with Gasteiger partial charge in [0.15, 0.2) is 0 Å². The Morgan fingerprint density at radius 3 is 2.12 bits per heavy atom. The Hall–Kier alpha value is 0.650. The Kier molecular flexibility index (Phi) is 3.27. The molecule has 0 heterocycles. The van der Waals surface area contributed by atoms with Gasteiger partial charge in [0.2, 0.25) is 5.79 Å². The summed E-state index contributed by atoms with van der Waals surface area (Å²) in [5.74, 6) is 0.264. The van der Waals surface area contributed by atoms with Crippen LogP contribution in [0.5, 0.6) is 0 Å². The Labute approximate surface area is 177 Å². The lowest BCUT2D eigenvalue weighted by Crippen LogP contribution is -2.67. The summed E-state index contributed by atoms with van der Waals surface area (Å²) in [5.41, 5.74) is 0. The van der Waals surface area contributed by atoms with Crippen LogP contribution < -0.4 is 0 Å². The summed E-state index contributed by atoms with van der Waals surface area (Å²) in [6.45, 7) is 0. The molecule has 140 valence electrons. The maximum absolute atomic E-state index is 7.36. The van der Waals surface area contributed by atoms with Crippen LogP contribution in [-0.4, -0.2) is 45.3 Å². The fraction of sp³-hybridized carbons (Fsp3) is 0.684. The highest BCUT2D eigenvalue weighted by atomic mass is 35.5. The molecular formula is C19H18Cl4O2S. The van der Waals surface area contributed by atoms with E-state index >= 15 is 0 Å². The number of ether oxygens (including phenoxy) is 2. The quantitative estimate of drug-likeness (QED) is 0.482. The first-order valence-corrected chi connectivity index (χ1v) is 11.3. The van der Waals surface area contributed by atoms with Crippen molar-refractivity contribution in [1.29, 1.82) is 0 Å². The summed E-state index contributed by atoms with van der Waals surface area (Å²) < 4.78 is 11.8. The first-order valence-electron chi connectivity index (χ1n) is 8.89. The number of hydrogen-bond donors (Lipinski definition) is 0. The smallest absolute Gasteiger partial charge is 0.210 e. The Balaban J connectivity index is 1.48. The van der Waals surface area contributed by atoms with Crippen LogP contribution in [0.3, 0.4) is 0 Å². The molecule has 2 nitrogen and oxygen atoms in total. The number of hydrogen-bond acceptors (Lipinski definition) is 3. The second-order valence-electron chi connectivity index (χ2n) is 8.26. The molecule has 10 atom stereocenters. The van der Waals surface area contributed by atoms with Crippen molar-refractivity contribution in [3.8, 4) is 0 Å². The van der Waals surface area contributed by atoms with Crippen LogP contribution >= 0.6 is 58.2 Å². The molecule has 26 heavy (non-hydrogen) atoms. The lowest BCUT2D eigenvalue weighted by Gasteiger charge is -2.58. The van der Waals surface area contributed by atoms with E-state index in [4.69, 9.17) is 55.9 Å². The van der Waals surface area contributed by atoms with Gasteiger partial charge in [-0.2, -0.15) is 0 Å². The largest absolute Gasteiger partial charge is 0.350 e. The highest BCUT2D eigenvalue weighted by Crippen LogP contribution is 2.95. The third-order valence-corrected chi connectivity index (χ3v) is 12.9. The van der Waals surface area contributed by atoms with Crippen molar-refractivity contribution in [3.63, 3.8) is 0 Å². The molecule has 0 amide bonds. The van der Waals surface area contributed by atoms with E-state index in [9.17, 15) is 0 Å². The van der Waals surface area contributed by atoms with E-state index in [0.717, 1.165) is 0 Å². The molecule has 6 aliphatic carbocycles. The van der Waals surface area contributed by atoms with Gasteiger partial charge in [-0.25, -0.2) is 0 Å². The molecule has 0 saturated heterocycles. The van der Waals surface area contributed by atoms with Crippen molar-refractivity contribution >= 4 is 58.2 Å². The fourth-order valence-electron chi connectivity index (χ4n) is 7.69. The number of fused-ring (bicyclic) bond motifs is 1. The Morgan fingerprint density at radius 2 is 1.50 bits per heavy atom. The van der Waals surface area contributed by atoms with Crippen molar-refractivity contribution in [2.45, 2.75) is 35.9 Å². The monoisotopic (exact) mass is 450 g/mol. The van der Waals surface area contributed by atoms with Crippen molar-refractivity contribution in [1.82, 2.24) is 0 Å². The van der Waals surface area contributed by atoms with Gasteiger partial charge < -0.3 is 9.47 Å². The first kappa shape index (κ1) is 17.5. The maximum Gasteiger partial charge on any atom is 0.210 e. The molecule has 7 rings (SSSR count). The third-order valence-electron chi connectivity index (χ3n) is 8.10. The average molecular weight is 452 g/mol. The fourth-order valence-corrected chi connectivity index (χ4v) is 12.4. The SMILES string of the molecule is COC1(OC)[C@@]2(Cl)[C@@H]3[C@@H]4C5[C@@H]([C@@H]4Sc4ccccc4)[C@@H]3[C@]1(Cl)[C@]5(Cl)[C@H]2Cl. The van der Waals surface area contributed by atoms with Crippen LogP contribution in [0.2, 0.25) is 0 Å². The van der Waals surface area contributed by atoms with Crippen molar-refractivity contribution in [2.24, 2.45) is 29.6 Å². The highest BCUT2D eigenvalue weighted by molar-refractivity contribution is 8.00. The second kappa shape index (κ2) is 4.86. The highest BCUT2D eigenvalue weighted by Gasteiger charge is 3.05. The van der Waals surface area contributed by atoms with E-state index in [1.165, 1.54) is 4.90 Å².